The van der Waals surface area contributed by atoms with E-state index in [2.05, 4.69) is 16.3 Å². The van der Waals surface area contributed by atoms with E-state index in [9.17, 15) is 4.79 Å². The first-order chi connectivity index (χ1) is 10.2. The fourth-order valence-corrected chi connectivity index (χ4v) is 3.69. The monoisotopic (exact) mass is 307 g/mol. The molecular formula is C15H21N3O2S. The second kappa shape index (κ2) is 6.15. The van der Waals surface area contributed by atoms with Crippen molar-refractivity contribution < 1.29 is 4.74 Å². The standard InChI is InChI=1S/C15H21N3O2S/c1-20-6-5-16-15(21)17-8-11-7-12(10-17)13-3-2-4-14(19)18(13)9-11/h2-4,11-12H,5-10H2,1H3,(H,16,21)/t11-,12+/m1/s1. The van der Waals surface area contributed by atoms with Crippen molar-refractivity contribution in [2.75, 3.05) is 33.4 Å². The molecule has 114 valence electrons. The molecule has 1 aromatic rings. The van der Waals surface area contributed by atoms with Gasteiger partial charge in [-0.05, 0) is 30.6 Å². The number of nitrogens with one attached hydrogen (secondary N) is 1. The SMILES string of the molecule is COCCNC(=S)N1C[C@H]2C[C@@H](C1)c1cccc(=O)n1C2. The largest absolute Gasteiger partial charge is 0.383 e. The van der Waals surface area contributed by atoms with Gasteiger partial charge in [-0.25, -0.2) is 0 Å². The Labute approximate surface area is 129 Å². The van der Waals surface area contributed by atoms with Gasteiger partial charge in [-0.1, -0.05) is 6.07 Å². The second-order valence-corrected chi connectivity index (χ2v) is 6.21. The minimum Gasteiger partial charge on any atom is -0.383 e. The molecule has 0 unspecified atom stereocenters. The number of hydrogen-bond donors (Lipinski definition) is 1. The average Bonchev–Trinajstić information content (AvgIpc) is 2.48. The first-order valence-corrected chi connectivity index (χ1v) is 7.81. The second-order valence-electron chi connectivity index (χ2n) is 5.83. The smallest absolute Gasteiger partial charge is 0.250 e. The van der Waals surface area contributed by atoms with Crippen molar-refractivity contribution in [2.45, 2.75) is 18.9 Å². The summed E-state index contributed by atoms with van der Waals surface area (Å²) in [6.45, 7) is 4.01. The van der Waals surface area contributed by atoms with E-state index >= 15 is 0 Å². The maximum atomic E-state index is 12.0. The van der Waals surface area contributed by atoms with Gasteiger partial charge in [0.2, 0.25) is 0 Å². The molecule has 0 aromatic carbocycles. The van der Waals surface area contributed by atoms with Crippen molar-refractivity contribution in [1.29, 1.82) is 0 Å². The summed E-state index contributed by atoms with van der Waals surface area (Å²) >= 11 is 5.48. The first-order valence-electron chi connectivity index (χ1n) is 7.40. The normalized spacial score (nSPS) is 23.6. The van der Waals surface area contributed by atoms with Crippen LogP contribution in [0.25, 0.3) is 0 Å². The molecule has 2 aliphatic rings. The summed E-state index contributed by atoms with van der Waals surface area (Å²) in [6.07, 6.45) is 1.15. The van der Waals surface area contributed by atoms with Crippen molar-refractivity contribution in [3.05, 3.63) is 34.2 Å². The first kappa shape index (κ1) is 14.5. The number of thiocarbonyl (C=S) groups is 1. The summed E-state index contributed by atoms with van der Waals surface area (Å²) in [5.74, 6) is 0.895. The van der Waals surface area contributed by atoms with Crippen LogP contribution < -0.4 is 10.9 Å². The lowest BCUT2D eigenvalue weighted by Crippen LogP contribution is -2.52. The van der Waals surface area contributed by atoms with E-state index in [1.807, 2.05) is 10.6 Å². The quantitative estimate of drug-likeness (QED) is 0.661. The van der Waals surface area contributed by atoms with Gasteiger partial charge in [-0.15, -0.1) is 0 Å². The molecule has 1 saturated heterocycles. The van der Waals surface area contributed by atoms with Gasteiger partial charge in [0.15, 0.2) is 5.11 Å². The number of hydrogen-bond acceptors (Lipinski definition) is 3. The van der Waals surface area contributed by atoms with Gasteiger partial charge in [0, 0.05) is 51.0 Å². The molecule has 3 heterocycles. The summed E-state index contributed by atoms with van der Waals surface area (Å²) in [6, 6.07) is 5.59. The summed E-state index contributed by atoms with van der Waals surface area (Å²) in [5, 5.41) is 4.04. The molecule has 1 fully saturated rings. The molecule has 5 nitrogen and oxygen atoms in total. The van der Waals surface area contributed by atoms with Crippen molar-refractivity contribution in [2.24, 2.45) is 5.92 Å². The maximum Gasteiger partial charge on any atom is 0.250 e. The van der Waals surface area contributed by atoms with Gasteiger partial charge in [-0.3, -0.25) is 4.79 Å². The lowest BCUT2D eigenvalue weighted by Gasteiger charge is -2.43. The van der Waals surface area contributed by atoms with Crippen LogP contribution in [-0.4, -0.2) is 47.9 Å². The lowest BCUT2D eigenvalue weighted by atomic mass is 9.83. The molecular weight excluding hydrogens is 286 g/mol. The zero-order chi connectivity index (χ0) is 14.8. The fourth-order valence-electron chi connectivity index (χ4n) is 3.43. The zero-order valence-electron chi connectivity index (χ0n) is 12.2. The Morgan fingerprint density at radius 1 is 1.43 bits per heavy atom. The molecule has 2 atom stereocenters. The highest BCUT2D eigenvalue weighted by molar-refractivity contribution is 7.80. The Kier molecular flexibility index (Phi) is 4.26. The van der Waals surface area contributed by atoms with Crippen LogP contribution in [0, 0.1) is 5.92 Å². The van der Waals surface area contributed by atoms with Crippen LogP contribution in [0.3, 0.4) is 0 Å². The Morgan fingerprint density at radius 3 is 3.10 bits per heavy atom. The number of ether oxygens (including phenoxy) is 1. The number of aromatic nitrogens is 1. The van der Waals surface area contributed by atoms with Crippen LogP contribution in [0.5, 0.6) is 0 Å². The van der Waals surface area contributed by atoms with Gasteiger partial charge in [-0.2, -0.15) is 0 Å². The fraction of sp³-hybridized carbons (Fsp3) is 0.600. The number of fused-ring (bicyclic) bond motifs is 4. The van der Waals surface area contributed by atoms with Crippen LogP contribution in [0.15, 0.2) is 23.0 Å². The van der Waals surface area contributed by atoms with Crippen molar-refractivity contribution in [3.8, 4) is 0 Å². The van der Waals surface area contributed by atoms with Crippen LogP contribution in [0.2, 0.25) is 0 Å². The molecule has 1 N–H and O–H groups in total. The third kappa shape index (κ3) is 2.96. The number of nitrogens with zero attached hydrogens (tertiary/aromatic N) is 2. The zero-order valence-corrected chi connectivity index (χ0v) is 13.1. The third-order valence-electron chi connectivity index (χ3n) is 4.35. The van der Waals surface area contributed by atoms with Crippen LogP contribution in [-0.2, 0) is 11.3 Å². The maximum absolute atomic E-state index is 12.0. The molecule has 0 amide bonds. The molecule has 2 aliphatic heterocycles. The Bertz CT molecular complexity index is 587. The number of pyridine rings is 1. The number of likely N-dealkylation sites (tertiary alicyclic amines) is 1. The van der Waals surface area contributed by atoms with Crippen molar-refractivity contribution in [3.63, 3.8) is 0 Å². The van der Waals surface area contributed by atoms with Gasteiger partial charge < -0.3 is 19.5 Å². The van der Waals surface area contributed by atoms with Crippen molar-refractivity contribution >= 4 is 17.3 Å². The predicted octanol–water partition coefficient (Wildman–Crippen LogP) is 0.788. The molecule has 0 spiro atoms. The number of methoxy groups -OCH3 is 1. The van der Waals surface area contributed by atoms with E-state index in [-0.39, 0.29) is 5.56 Å². The molecule has 6 heteroatoms. The number of rotatable bonds is 3. The molecule has 0 aliphatic carbocycles. The summed E-state index contributed by atoms with van der Waals surface area (Å²) < 4.78 is 6.98. The van der Waals surface area contributed by atoms with E-state index in [0.717, 1.165) is 43.4 Å². The molecule has 21 heavy (non-hydrogen) atoms. The highest BCUT2D eigenvalue weighted by Gasteiger charge is 2.35. The van der Waals surface area contributed by atoms with E-state index in [1.54, 1.807) is 13.2 Å². The minimum atomic E-state index is 0.122. The van der Waals surface area contributed by atoms with E-state index in [4.69, 9.17) is 17.0 Å². The highest BCUT2D eigenvalue weighted by atomic mass is 32.1. The van der Waals surface area contributed by atoms with Gasteiger partial charge in [0.05, 0.1) is 6.61 Å². The van der Waals surface area contributed by atoms with Crippen LogP contribution in [0.4, 0.5) is 0 Å². The Balaban J connectivity index is 1.73. The predicted molar refractivity (Wildman–Crippen MR) is 85.6 cm³/mol. The Hall–Kier alpha value is -1.40. The highest BCUT2D eigenvalue weighted by Crippen LogP contribution is 2.34. The van der Waals surface area contributed by atoms with E-state index in [0.29, 0.717) is 18.4 Å². The van der Waals surface area contributed by atoms with Crippen LogP contribution in [0.1, 0.15) is 18.0 Å². The van der Waals surface area contributed by atoms with E-state index in [1.165, 1.54) is 0 Å². The summed E-state index contributed by atoms with van der Waals surface area (Å²) in [7, 11) is 1.69. The topological polar surface area (TPSA) is 46.5 Å². The molecule has 1 aromatic heterocycles. The van der Waals surface area contributed by atoms with Crippen LogP contribution >= 0.6 is 12.2 Å². The van der Waals surface area contributed by atoms with Gasteiger partial charge >= 0.3 is 0 Å². The molecule has 2 bridgehead atoms. The third-order valence-corrected chi connectivity index (χ3v) is 4.75. The minimum absolute atomic E-state index is 0.122. The summed E-state index contributed by atoms with van der Waals surface area (Å²) in [5.41, 5.74) is 1.28. The molecule has 0 saturated carbocycles. The van der Waals surface area contributed by atoms with E-state index < -0.39 is 0 Å². The Morgan fingerprint density at radius 2 is 2.29 bits per heavy atom. The van der Waals surface area contributed by atoms with Gasteiger partial charge in [0.1, 0.15) is 0 Å². The average molecular weight is 307 g/mol. The van der Waals surface area contributed by atoms with Gasteiger partial charge in [0.25, 0.3) is 5.56 Å². The van der Waals surface area contributed by atoms with Crippen molar-refractivity contribution in [1.82, 2.24) is 14.8 Å². The molecule has 0 radical (unpaired) electrons. The summed E-state index contributed by atoms with van der Waals surface area (Å²) in [4.78, 5) is 14.2. The lowest BCUT2D eigenvalue weighted by molar-refractivity contribution is 0.174. The molecule has 3 rings (SSSR count). The number of piperidine rings is 1.